The van der Waals surface area contributed by atoms with Gasteiger partial charge in [-0.3, -0.25) is 4.79 Å². The van der Waals surface area contributed by atoms with Crippen molar-refractivity contribution in [3.05, 3.63) is 29.8 Å². The summed E-state index contributed by atoms with van der Waals surface area (Å²) in [6.45, 7) is 7.70. The van der Waals surface area contributed by atoms with Crippen LogP contribution in [0.5, 0.6) is 5.75 Å². The van der Waals surface area contributed by atoms with Crippen LogP contribution in [-0.2, 0) is 9.53 Å². The van der Waals surface area contributed by atoms with E-state index in [1.165, 1.54) is 5.56 Å². The predicted molar refractivity (Wildman–Crippen MR) is 95.6 cm³/mol. The maximum atomic E-state index is 12.3. The van der Waals surface area contributed by atoms with Gasteiger partial charge in [0.25, 0.3) is 0 Å². The molecule has 0 spiro atoms. The van der Waals surface area contributed by atoms with E-state index in [1.54, 1.807) is 11.8 Å². The molecule has 1 aliphatic rings. The molecule has 1 aromatic rings. The maximum absolute atomic E-state index is 12.3. The molecule has 138 valence electrons. The minimum Gasteiger partial charge on any atom is -0.491 e. The molecule has 6 heteroatoms. The molecule has 1 unspecified atom stereocenters. The number of nitrogens with zero attached hydrogens (tertiary/aromatic N) is 1. The summed E-state index contributed by atoms with van der Waals surface area (Å²) in [6, 6.07) is 7.62. The number of nitrogens with one attached hydrogen (secondary N) is 1. The summed E-state index contributed by atoms with van der Waals surface area (Å²) in [5.41, 5.74) is 1.18. The third kappa shape index (κ3) is 5.96. The van der Waals surface area contributed by atoms with Crippen molar-refractivity contribution in [2.75, 3.05) is 26.3 Å². The van der Waals surface area contributed by atoms with Gasteiger partial charge in [-0.2, -0.15) is 0 Å². The van der Waals surface area contributed by atoms with Crippen LogP contribution in [0.2, 0.25) is 0 Å². The van der Waals surface area contributed by atoms with Gasteiger partial charge in [-0.25, -0.2) is 4.79 Å². The first-order chi connectivity index (χ1) is 12.0. The minimum absolute atomic E-state index is 0.0914. The van der Waals surface area contributed by atoms with Crippen LogP contribution in [0.15, 0.2) is 24.3 Å². The van der Waals surface area contributed by atoms with Gasteiger partial charge in [-0.05, 0) is 45.7 Å². The van der Waals surface area contributed by atoms with Crippen molar-refractivity contribution < 1.29 is 19.1 Å². The van der Waals surface area contributed by atoms with Crippen LogP contribution in [-0.4, -0.2) is 49.2 Å². The molecule has 0 aromatic heterocycles. The number of hydrogen-bond acceptors (Lipinski definition) is 4. The van der Waals surface area contributed by atoms with E-state index in [2.05, 4.69) is 5.32 Å². The third-order valence-electron chi connectivity index (χ3n) is 4.29. The average molecular weight is 348 g/mol. The maximum Gasteiger partial charge on any atom is 0.317 e. The van der Waals surface area contributed by atoms with Gasteiger partial charge in [0, 0.05) is 13.1 Å². The van der Waals surface area contributed by atoms with E-state index in [0.717, 1.165) is 5.75 Å². The monoisotopic (exact) mass is 348 g/mol. The van der Waals surface area contributed by atoms with E-state index >= 15 is 0 Å². The third-order valence-corrected chi connectivity index (χ3v) is 4.29. The number of carbonyl (C=O) groups excluding carboxylic acids is 2. The van der Waals surface area contributed by atoms with E-state index in [0.29, 0.717) is 39.1 Å². The fourth-order valence-electron chi connectivity index (χ4n) is 2.78. The number of ether oxygens (including phenoxy) is 2. The summed E-state index contributed by atoms with van der Waals surface area (Å²) in [7, 11) is 0. The Hall–Kier alpha value is -2.24. The highest BCUT2D eigenvalue weighted by Gasteiger charge is 2.28. The molecule has 1 saturated heterocycles. The standard InChI is InChI=1S/C19H28N2O4/c1-4-24-18(22)16-9-11-21(12-10-16)19(23)20-15(3)13-25-17-7-5-14(2)6-8-17/h5-8,15-16H,4,9-13H2,1-3H3,(H,20,23). The molecule has 6 nitrogen and oxygen atoms in total. The van der Waals surface area contributed by atoms with Crippen LogP contribution in [0, 0.1) is 12.8 Å². The molecule has 1 aliphatic heterocycles. The number of amides is 2. The highest BCUT2D eigenvalue weighted by Crippen LogP contribution is 2.19. The Balaban J connectivity index is 1.71. The van der Waals surface area contributed by atoms with Crippen molar-refractivity contribution in [1.82, 2.24) is 10.2 Å². The van der Waals surface area contributed by atoms with Crippen molar-refractivity contribution in [3.63, 3.8) is 0 Å². The number of benzene rings is 1. The van der Waals surface area contributed by atoms with Gasteiger partial charge in [-0.1, -0.05) is 17.7 Å². The second-order valence-electron chi connectivity index (χ2n) is 6.49. The normalized spacial score (nSPS) is 16.2. The number of carbonyl (C=O) groups is 2. The smallest absolute Gasteiger partial charge is 0.317 e. The molecule has 1 atom stereocenters. The first-order valence-corrected chi connectivity index (χ1v) is 8.91. The lowest BCUT2D eigenvalue weighted by Crippen LogP contribution is -2.49. The molecular formula is C19H28N2O4. The average Bonchev–Trinajstić information content (AvgIpc) is 2.61. The number of aryl methyl sites for hydroxylation is 1. The Morgan fingerprint density at radius 1 is 1.24 bits per heavy atom. The summed E-state index contributed by atoms with van der Waals surface area (Å²) in [5.74, 6) is 0.552. The van der Waals surface area contributed by atoms with Crippen molar-refractivity contribution in [2.24, 2.45) is 5.92 Å². The van der Waals surface area contributed by atoms with Gasteiger partial charge in [0.2, 0.25) is 0 Å². The Labute approximate surface area is 149 Å². The molecule has 1 N–H and O–H groups in total. The first kappa shape index (κ1) is 19.1. The second-order valence-corrected chi connectivity index (χ2v) is 6.49. The number of urea groups is 1. The van der Waals surface area contributed by atoms with Gasteiger partial charge in [0.1, 0.15) is 12.4 Å². The van der Waals surface area contributed by atoms with E-state index in [9.17, 15) is 9.59 Å². The molecular weight excluding hydrogens is 320 g/mol. The zero-order valence-electron chi connectivity index (χ0n) is 15.3. The predicted octanol–water partition coefficient (Wildman–Crippen LogP) is 2.75. The van der Waals surface area contributed by atoms with E-state index in [1.807, 2.05) is 38.1 Å². The van der Waals surface area contributed by atoms with Gasteiger partial charge in [0.05, 0.1) is 18.6 Å². The van der Waals surface area contributed by atoms with E-state index in [-0.39, 0.29) is 24.0 Å². The fourth-order valence-corrected chi connectivity index (χ4v) is 2.78. The highest BCUT2D eigenvalue weighted by molar-refractivity contribution is 5.76. The SMILES string of the molecule is CCOC(=O)C1CCN(C(=O)NC(C)COc2ccc(C)cc2)CC1. The summed E-state index contributed by atoms with van der Waals surface area (Å²) in [5, 5.41) is 2.95. The van der Waals surface area contributed by atoms with Crippen LogP contribution < -0.4 is 10.1 Å². The minimum atomic E-state index is -0.151. The molecule has 25 heavy (non-hydrogen) atoms. The summed E-state index contributed by atoms with van der Waals surface area (Å²) in [4.78, 5) is 25.8. The number of likely N-dealkylation sites (tertiary alicyclic amines) is 1. The van der Waals surface area contributed by atoms with E-state index < -0.39 is 0 Å². The topological polar surface area (TPSA) is 67.9 Å². The molecule has 0 bridgehead atoms. The van der Waals surface area contributed by atoms with Gasteiger partial charge >= 0.3 is 12.0 Å². The molecule has 0 aliphatic carbocycles. The lowest BCUT2D eigenvalue weighted by Gasteiger charge is -2.31. The zero-order valence-corrected chi connectivity index (χ0v) is 15.3. The lowest BCUT2D eigenvalue weighted by molar-refractivity contribution is -0.149. The van der Waals surface area contributed by atoms with Gasteiger partial charge in [0.15, 0.2) is 0 Å². The van der Waals surface area contributed by atoms with Gasteiger partial charge in [-0.15, -0.1) is 0 Å². The number of esters is 1. The number of rotatable bonds is 6. The summed E-state index contributed by atoms with van der Waals surface area (Å²) >= 11 is 0. The number of hydrogen-bond donors (Lipinski definition) is 1. The van der Waals surface area contributed by atoms with Crippen molar-refractivity contribution in [2.45, 2.75) is 39.7 Å². The Morgan fingerprint density at radius 3 is 2.48 bits per heavy atom. The van der Waals surface area contributed by atoms with Crippen LogP contribution in [0.1, 0.15) is 32.3 Å². The van der Waals surface area contributed by atoms with Crippen LogP contribution in [0.3, 0.4) is 0 Å². The fraction of sp³-hybridized carbons (Fsp3) is 0.579. The second kappa shape index (κ2) is 9.30. The molecule has 1 fully saturated rings. The van der Waals surface area contributed by atoms with Crippen molar-refractivity contribution >= 4 is 12.0 Å². The molecule has 1 aromatic carbocycles. The molecule has 1 heterocycles. The molecule has 0 radical (unpaired) electrons. The highest BCUT2D eigenvalue weighted by atomic mass is 16.5. The number of piperidine rings is 1. The van der Waals surface area contributed by atoms with Crippen molar-refractivity contribution in [1.29, 1.82) is 0 Å². The molecule has 0 saturated carbocycles. The van der Waals surface area contributed by atoms with E-state index in [4.69, 9.17) is 9.47 Å². The summed E-state index contributed by atoms with van der Waals surface area (Å²) in [6.07, 6.45) is 1.31. The van der Waals surface area contributed by atoms with Gasteiger partial charge < -0.3 is 19.7 Å². The quantitative estimate of drug-likeness (QED) is 0.803. The lowest BCUT2D eigenvalue weighted by atomic mass is 9.97. The largest absolute Gasteiger partial charge is 0.491 e. The van der Waals surface area contributed by atoms with Crippen LogP contribution >= 0.6 is 0 Å². The Kier molecular flexibility index (Phi) is 7.10. The first-order valence-electron chi connectivity index (χ1n) is 8.91. The zero-order chi connectivity index (χ0) is 18.2. The Morgan fingerprint density at radius 2 is 1.88 bits per heavy atom. The molecule has 2 amide bonds. The molecule has 2 rings (SSSR count). The van der Waals surface area contributed by atoms with Crippen LogP contribution in [0.25, 0.3) is 0 Å². The van der Waals surface area contributed by atoms with Crippen LogP contribution in [0.4, 0.5) is 4.79 Å². The Bertz CT molecular complexity index is 565. The summed E-state index contributed by atoms with van der Waals surface area (Å²) < 4.78 is 10.7. The van der Waals surface area contributed by atoms with Crippen molar-refractivity contribution in [3.8, 4) is 5.75 Å².